The Balaban J connectivity index is 1.56. The van der Waals surface area contributed by atoms with Crippen LogP contribution >= 0.6 is 0 Å². The number of esters is 1. The van der Waals surface area contributed by atoms with Gasteiger partial charge in [0, 0.05) is 0 Å². The highest BCUT2D eigenvalue weighted by Crippen LogP contribution is 2.37. The van der Waals surface area contributed by atoms with Gasteiger partial charge in [-0.3, -0.25) is 19.3 Å². The van der Waals surface area contributed by atoms with E-state index in [4.69, 9.17) is 4.74 Å². The van der Waals surface area contributed by atoms with Crippen molar-refractivity contribution in [1.29, 1.82) is 0 Å². The lowest BCUT2D eigenvalue weighted by atomic mass is 9.81. The second-order valence-electron chi connectivity index (χ2n) is 6.41. The van der Waals surface area contributed by atoms with Crippen molar-refractivity contribution in [2.75, 3.05) is 6.54 Å². The smallest absolute Gasteiger partial charge is 0.326 e. The van der Waals surface area contributed by atoms with Crippen molar-refractivity contribution in [2.45, 2.75) is 39.2 Å². The Kier molecular flexibility index (Phi) is 4.46. The van der Waals surface area contributed by atoms with Gasteiger partial charge in [0.05, 0.1) is 11.8 Å². The van der Waals surface area contributed by atoms with Gasteiger partial charge in [-0.15, -0.1) is 0 Å². The van der Waals surface area contributed by atoms with E-state index < -0.39 is 5.97 Å². The molecule has 1 aromatic carbocycles. The van der Waals surface area contributed by atoms with Crippen molar-refractivity contribution in [3.63, 3.8) is 0 Å². The fraction of sp³-hybridized carbons (Fsp3) is 0.500. The van der Waals surface area contributed by atoms with E-state index >= 15 is 0 Å². The van der Waals surface area contributed by atoms with Gasteiger partial charge in [0.2, 0.25) is 11.8 Å². The summed E-state index contributed by atoms with van der Waals surface area (Å²) in [5.74, 6) is -1.38. The molecule has 0 N–H and O–H groups in total. The number of ether oxygens (including phenoxy) is 1. The first-order valence-electron chi connectivity index (χ1n) is 8.12. The molecule has 2 amide bonds. The number of carbonyl (C=O) groups excluding carboxylic acids is 3. The van der Waals surface area contributed by atoms with Gasteiger partial charge in [0.15, 0.2) is 0 Å². The van der Waals surface area contributed by atoms with Gasteiger partial charge in [-0.05, 0) is 25.3 Å². The highest BCUT2D eigenvalue weighted by atomic mass is 16.5. The minimum absolute atomic E-state index is 0.155. The van der Waals surface area contributed by atoms with E-state index in [1.54, 1.807) is 0 Å². The summed E-state index contributed by atoms with van der Waals surface area (Å²) in [6.07, 6.45) is 3.46. The summed E-state index contributed by atoms with van der Waals surface area (Å²) in [6, 6.07) is 7.68. The van der Waals surface area contributed by atoms with E-state index in [1.165, 1.54) is 0 Å². The van der Waals surface area contributed by atoms with Crippen LogP contribution in [0.1, 0.15) is 36.8 Å². The van der Waals surface area contributed by atoms with Crippen LogP contribution in [0.4, 0.5) is 0 Å². The Morgan fingerprint density at radius 3 is 2.22 bits per heavy atom. The van der Waals surface area contributed by atoms with Crippen molar-refractivity contribution in [2.24, 2.45) is 11.8 Å². The Hall–Kier alpha value is -2.17. The van der Waals surface area contributed by atoms with Gasteiger partial charge in [0.25, 0.3) is 0 Å². The standard InChI is InChI=1S/C18H21NO4/c1-12-6-8-13(9-7-12)11-23-16(20)10-19-17(21)14-4-2-3-5-15(14)18(19)22/h6-9,14-15H,2-5,10-11H2,1H3/t14-,15-/m1/s1. The summed E-state index contributed by atoms with van der Waals surface area (Å²) in [5.41, 5.74) is 2.02. The second-order valence-corrected chi connectivity index (χ2v) is 6.41. The first kappa shape index (κ1) is 15.7. The zero-order chi connectivity index (χ0) is 16.4. The largest absolute Gasteiger partial charge is 0.459 e. The van der Waals surface area contributed by atoms with E-state index in [9.17, 15) is 14.4 Å². The van der Waals surface area contributed by atoms with Crippen LogP contribution in [-0.2, 0) is 25.7 Å². The van der Waals surface area contributed by atoms with Crippen LogP contribution in [0.25, 0.3) is 0 Å². The highest BCUT2D eigenvalue weighted by Gasteiger charge is 2.48. The third-order valence-electron chi connectivity index (χ3n) is 4.74. The predicted octanol–water partition coefficient (Wildman–Crippen LogP) is 2.21. The first-order valence-corrected chi connectivity index (χ1v) is 8.12. The lowest BCUT2D eigenvalue weighted by Crippen LogP contribution is -2.36. The number of rotatable bonds is 4. The molecule has 0 unspecified atom stereocenters. The molecular formula is C18H21NO4. The molecular weight excluding hydrogens is 294 g/mol. The molecule has 1 aromatic rings. The molecule has 122 valence electrons. The molecule has 1 aliphatic carbocycles. The van der Waals surface area contributed by atoms with Gasteiger partial charge < -0.3 is 4.74 Å². The summed E-state index contributed by atoms with van der Waals surface area (Å²) in [7, 11) is 0. The molecule has 2 fully saturated rings. The normalized spacial score (nSPS) is 23.8. The fourth-order valence-electron chi connectivity index (χ4n) is 3.41. The molecule has 0 bridgehead atoms. The molecule has 1 saturated carbocycles. The van der Waals surface area contributed by atoms with E-state index in [0.717, 1.165) is 41.7 Å². The van der Waals surface area contributed by atoms with E-state index in [2.05, 4.69) is 0 Å². The Bertz CT molecular complexity index is 598. The lowest BCUT2D eigenvalue weighted by Gasteiger charge is -2.19. The van der Waals surface area contributed by atoms with Crippen LogP contribution in [0.15, 0.2) is 24.3 Å². The van der Waals surface area contributed by atoms with E-state index in [-0.39, 0.29) is 36.8 Å². The zero-order valence-corrected chi connectivity index (χ0v) is 13.3. The van der Waals surface area contributed by atoms with Crippen LogP contribution < -0.4 is 0 Å². The fourth-order valence-corrected chi connectivity index (χ4v) is 3.41. The molecule has 23 heavy (non-hydrogen) atoms. The topological polar surface area (TPSA) is 63.7 Å². The van der Waals surface area contributed by atoms with Gasteiger partial charge in [-0.25, -0.2) is 0 Å². The number of benzene rings is 1. The maximum absolute atomic E-state index is 12.3. The molecule has 1 heterocycles. The number of likely N-dealkylation sites (tertiary alicyclic amines) is 1. The lowest BCUT2D eigenvalue weighted by molar-refractivity contribution is -0.153. The average Bonchev–Trinajstić information content (AvgIpc) is 2.80. The van der Waals surface area contributed by atoms with Crippen LogP contribution in [0.2, 0.25) is 0 Å². The summed E-state index contributed by atoms with van der Waals surface area (Å²) in [6.45, 7) is 1.87. The third kappa shape index (κ3) is 3.28. The zero-order valence-electron chi connectivity index (χ0n) is 13.3. The molecule has 1 saturated heterocycles. The molecule has 1 aliphatic heterocycles. The number of amides is 2. The van der Waals surface area contributed by atoms with Crippen molar-refractivity contribution in [3.05, 3.63) is 35.4 Å². The molecule has 0 aromatic heterocycles. The number of hydrogen-bond acceptors (Lipinski definition) is 4. The molecule has 2 aliphatic rings. The Morgan fingerprint density at radius 2 is 1.65 bits per heavy atom. The quantitative estimate of drug-likeness (QED) is 0.631. The van der Waals surface area contributed by atoms with Gasteiger partial charge >= 0.3 is 5.97 Å². The van der Waals surface area contributed by atoms with Crippen LogP contribution in [0.5, 0.6) is 0 Å². The number of carbonyl (C=O) groups is 3. The number of fused-ring (bicyclic) bond motifs is 1. The number of nitrogens with zero attached hydrogens (tertiary/aromatic N) is 1. The summed E-state index contributed by atoms with van der Waals surface area (Å²) in [5, 5.41) is 0. The molecule has 2 atom stereocenters. The highest BCUT2D eigenvalue weighted by molar-refractivity contribution is 6.07. The minimum atomic E-state index is -0.536. The molecule has 5 heteroatoms. The van der Waals surface area contributed by atoms with Crippen molar-refractivity contribution >= 4 is 17.8 Å². The number of hydrogen-bond donors (Lipinski definition) is 0. The summed E-state index contributed by atoms with van der Waals surface area (Å²) >= 11 is 0. The van der Waals surface area contributed by atoms with Crippen LogP contribution in [0, 0.1) is 18.8 Å². The monoisotopic (exact) mass is 315 g/mol. The van der Waals surface area contributed by atoms with E-state index in [1.807, 2.05) is 31.2 Å². The molecule has 0 spiro atoms. The van der Waals surface area contributed by atoms with Gasteiger partial charge in [0.1, 0.15) is 13.2 Å². The molecule has 0 radical (unpaired) electrons. The van der Waals surface area contributed by atoms with Gasteiger partial charge in [-0.2, -0.15) is 0 Å². The second kappa shape index (κ2) is 6.52. The van der Waals surface area contributed by atoms with Crippen molar-refractivity contribution in [3.8, 4) is 0 Å². The molecule has 5 nitrogen and oxygen atoms in total. The van der Waals surface area contributed by atoms with Crippen LogP contribution in [0.3, 0.4) is 0 Å². The van der Waals surface area contributed by atoms with Crippen molar-refractivity contribution in [1.82, 2.24) is 4.90 Å². The van der Waals surface area contributed by atoms with Gasteiger partial charge in [-0.1, -0.05) is 42.7 Å². The maximum atomic E-state index is 12.3. The van der Waals surface area contributed by atoms with E-state index in [0.29, 0.717) is 0 Å². The van der Waals surface area contributed by atoms with Crippen LogP contribution in [-0.4, -0.2) is 29.2 Å². The number of aryl methyl sites for hydroxylation is 1. The third-order valence-corrected chi connectivity index (χ3v) is 4.74. The molecule has 3 rings (SSSR count). The predicted molar refractivity (Wildman–Crippen MR) is 83.1 cm³/mol. The summed E-state index contributed by atoms with van der Waals surface area (Å²) < 4.78 is 5.19. The summed E-state index contributed by atoms with van der Waals surface area (Å²) in [4.78, 5) is 37.7. The SMILES string of the molecule is Cc1ccc(COC(=O)CN2C(=O)[C@@H]3CCCC[C@H]3C2=O)cc1. The average molecular weight is 315 g/mol. The first-order chi connectivity index (χ1) is 11.1. The Morgan fingerprint density at radius 1 is 1.09 bits per heavy atom. The Labute approximate surface area is 135 Å². The van der Waals surface area contributed by atoms with Crippen molar-refractivity contribution < 1.29 is 19.1 Å². The maximum Gasteiger partial charge on any atom is 0.326 e. The minimum Gasteiger partial charge on any atom is -0.459 e. The number of imide groups is 1.